The van der Waals surface area contributed by atoms with E-state index in [2.05, 4.69) is 4.74 Å². The second-order valence-corrected chi connectivity index (χ2v) is 2.12. The second-order valence-electron chi connectivity index (χ2n) is 1.72. The Morgan fingerprint density at radius 2 is 2.50 bits per heavy atom. The molecule has 0 aliphatic rings. The molecule has 10 heavy (non-hydrogen) atoms. The van der Waals surface area contributed by atoms with Gasteiger partial charge in [0.05, 0.1) is 16.2 Å². The van der Waals surface area contributed by atoms with Gasteiger partial charge in [0, 0.05) is 6.07 Å². The molecule has 1 N–H and O–H groups in total. The molecule has 0 spiro atoms. The van der Waals surface area contributed by atoms with Gasteiger partial charge in [0.15, 0.2) is 0 Å². The number of phenolic OH excluding ortho intramolecular Hbond substituents is 1. The predicted molar refractivity (Wildman–Crippen MR) is 39.7 cm³/mol. The molecule has 1 aromatic carbocycles. The molecule has 0 aromatic heterocycles. The first-order valence-electron chi connectivity index (χ1n) is 4.06. The van der Waals surface area contributed by atoms with Crippen LogP contribution in [0.5, 0.6) is 11.5 Å². The summed E-state index contributed by atoms with van der Waals surface area (Å²) in [6.45, 7) is 0. The third-order valence-corrected chi connectivity index (χ3v) is 1.32. The summed E-state index contributed by atoms with van der Waals surface area (Å²) < 4.78 is 25.0. The maximum Gasteiger partial charge on any atom is 0.137 e. The van der Waals surface area contributed by atoms with Crippen molar-refractivity contribution in [1.82, 2.24) is 0 Å². The second kappa shape index (κ2) is 2.80. The lowest BCUT2D eigenvalue weighted by atomic mass is 10.3. The van der Waals surface area contributed by atoms with Gasteiger partial charge >= 0.3 is 0 Å². The van der Waals surface area contributed by atoms with E-state index in [0.29, 0.717) is 0 Å². The van der Waals surface area contributed by atoms with Gasteiger partial charge in [-0.3, -0.25) is 0 Å². The van der Waals surface area contributed by atoms with Crippen molar-refractivity contribution in [3.8, 4) is 11.5 Å². The number of hydrogen-bond acceptors (Lipinski definition) is 2. The van der Waals surface area contributed by atoms with Crippen molar-refractivity contribution < 1.29 is 14.0 Å². The van der Waals surface area contributed by atoms with Gasteiger partial charge < -0.3 is 9.84 Å². The number of aromatic hydroxyl groups is 1. The summed E-state index contributed by atoms with van der Waals surface area (Å²) in [5.41, 5.74) is 0. The summed E-state index contributed by atoms with van der Waals surface area (Å²) in [6.07, 6.45) is 0. The standard InChI is InChI=1S/C7H7ClO2/c1-10-7-3-2-5(9)4-6(7)8/h2-4,9H,1H3/i1D3. The number of phenols is 1. The van der Waals surface area contributed by atoms with Crippen LogP contribution in [0.15, 0.2) is 18.2 Å². The quantitative estimate of drug-likeness (QED) is 0.683. The normalized spacial score (nSPS) is 15.1. The maximum absolute atomic E-state index is 8.96. The first-order valence-corrected chi connectivity index (χ1v) is 2.94. The van der Waals surface area contributed by atoms with Crippen molar-refractivity contribution in [3.05, 3.63) is 23.2 Å². The Morgan fingerprint density at radius 3 is 3.10 bits per heavy atom. The lowest BCUT2D eigenvalue weighted by Crippen LogP contribution is -1.82. The Bertz CT molecular complexity index is 311. The van der Waals surface area contributed by atoms with Gasteiger partial charge in [-0.15, -0.1) is 0 Å². The topological polar surface area (TPSA) is 29.5 Å². The summed E-state index contributed by atoms with van der Waals surface area (Å²) in [4.78, 5) is 0. The highest BCUT2D eigenvalue weighted by atomic mass is 35.5. The lowest BCUT2D eigenvalue weighted by Gasteiger charge is -2.00. The molecule has 3 heteroatoms. The minimum Gasteiger partial charge on any atom is -0.508 e. The Kier molecular flexibility index (Phi) is 1.14. The van der Waals surface area contributed by atoms with Gasteiger partial charge in [-0.05, 0) is 12.1 Å². The summed E-state index contributed by atoms with van der Waals surface area (Å²) in [5, 5.41) is 9.02. The lowest BCUT2D eigenvalue weighted by molar-refractivity contribution is 0.412. The van der Waals surface area contributed by atoms with Crippen LogP contribution in [0.4, 0.5) is 0 Å². The van der Waals surface area contributed by atoms with Crippen molar-refractivity contribution in [2.75, 3.05) is 7.04 Å². The van der Waals surface area contributed by atoms with Gasteiger partial charge in [0.25, 0.3) is 0 Å². The van der Waals surface area contributed by atoms with Gasteiger partial charge in [0.2, 0.25) is 0 Å². The number of ether oxygens (including phenoxy) is 1. The molecule has 0 bridgehead atoms. The maximum atomic E-state index is 8.96. The Hall–Kier alpha value is -0.890. The summed E-state index contributed by atoms with van der Waals surface area (Å²) in [6, 6.07) is 3.81. The molecule has 0 saturated heterocycles. The van der Waals surface area contributed by atoms with E-state index in [1.54, 1.807) is 0 Å². The summed E-state index contributed by atoms with van der Waals surface area (Å²) in [5.74, 6) is -0.0117. The summed E-state index contributed by atoms with van der Waals surface area (Å²) in [7, 11) is -2.53. The fourth-order valence-corrected chi connectivity index (χ4v) is 0.786. The third kappa shape index (κ3) is 1.33. The van der Waals surface area contributed by atoms with E-state index in [1.165, 1.54) is 18.2 Å². The number of methoxy groups -OCH3 is 1. The molecule has 0 unspecified atom stereocenters. The van der Waals surface area contributed by atoms with E-state index < -0.39 is 7.04 Å². The van der Waals surface area contributed by atoms with Crippen molar-refractivity contribution in [3.63, 3.8) is 0 Å². The molecule has 0 amide bonds. The average Bonchev–Trinajstić information content (AvgIpc) is 1.93. The number of benzene rings is 1. The van der Waals surface area contributed by atoms with E-state index in [-0.39, 0.29) is 16.5 Å². The smallest absolute Gasteiger partial charge is 0.137 e. The van der Waals surface area contributed by atoms with Crippen LogP contribution in [0.3, 0.4) is 0 Å². The number of halogens is 1. The zero-order chi connectivity index (χ0) is 10.1. The molecule has 0 heterocycles. The third-order valence-electron chi connectivity index (χ3n) is 1.03. The van der Waals surface area contributed by atoms with E-state index in [9.17, 15) is 0 Å². The van der Waals surface area contributed by atoms with Crippen LogP contribution in [0.1, 0.15) is 4.11 Å². The van der Waals surface area contributed by atoms with Crippen LogP contribution >= 0.6 is 11.6 Å². The highest BCUT2D eigenvalue weighted by Gasteiger charge is 1.98. The average molecular weight is 162 g/mol. The minimum absolute atomic E-state index is 0.0273. The zero-order valence-corrected chi connectivity index (χ0v) is 5.72. The van der Waals surface area contributed by atoms with E-state index >= 15 is 0 Å². The first kappa shape index (κ1) is 4.09. The Balaban J connectivity index is 2.90. The highest BCUT2D eigenvalue weighted by Crippen LogP contribution is 2.27. The molecule has 2 nitrogen and oxygen atoms in total. The van der Waals surface area contributed by atoms with Crippen LogP contribution in [-0.2, 0) is 0 Å². The molecule has 0 aliphatic heterocycles. The molecule has 0 radical (unpaired) electrons. The van der Waals surface area contributed by atoms with Crippen LogP contribution < -0.4 is 4.74 Å². The van der Waals surface area contributed by atoms with Crippen LogP contribution in [0.2, 0.25) is 5.02 Å². The zero-order valence-electron chi connectivity index (χ0n) is 7.97. The van der Waals surface area contributed by atoms with Crippen molar-refractivity contribution in [2.24, 2.45) is 0 Å². The molecule has 0 saturated carbocycles. The number of rotatable bonds is 1. The SMILES string of the molecule is [2H]C([2H])([2H])Oc1ccc(O)cc1Cl. The van der Waals surface area contributed by atoms with E-state index in [1.807, 2.05) is 0 Å². The Morgan fingerprint density at radius 1 is 1.70 bits per heavy atom. The van der Waals surface area contributed by atoms with Gasteiger partial charge in [-0.25, -0.2) is 0 Å². The number of hydrogen-bond donors (Lipinski definition) is 1. The fourth-order valence-electron chi connectivity index (χ4n) is 0.573. The van der Waals surface area contributed by atoms with Crippen molar-refractivity contribution in [1.29, 1.82) is 0 Å². The van der Waals surface area contributed by atoms with E-state index in [4.69, 9.17) is 20.8 Å². The van der Waals surface area contributed by atoms with Gasteiger partial charge in [-0.2, -0.15) is 0 Å². The van der Waals surface area contributed by atoms with Crippen molar-refractivity contribution >= 4 is 11.6 Å². The molecule has 54 valence electrons. The van der Waals surface area contributed by atoms with Crippen LogP contribution in [0.25, 0.3) is 0 Å². The fraction of sp³-hybridized carbons (Fsp3) is 0.143. The Labute approximate surface area is 68.2 Å². The van der Waals surface area contributed by atoms with Crippen LogP contribution in [0, 0.1) is 0 Å². The molecular weight excluding hydrogens is 152 g/mol. The predicted octanol–water partition coefficient (Wildman–Crippen LogP) is 2.05. The molecule has 1 rings (SSSR count). The minimum atomic E-state index is -2.53. The molecule has 0 aliphatic carbocycles. The molecule has 0 fully saturated rings. The van der Waals surface area contributed by atoms with Gasteiger partial charge in [0.1, 0.15) is 11.5 Å². The molecular formula is C7H7ClO2. The highest BCUT2D eigenvalue weighted by molar-refractivity contribution is 6.32. The van der Waals surface area contributed by atoms with E-state index in [0.717, 1.165) is 0 Å². The first-order chi connectivity index (χ1) is 5.88. The molecule has 1 aromatic rings. The summed E-state index contributed by atoms with van der Waals surface area (Å²) >= 11 is 5.60. The van der Waals surface area contributed by atoms with Crippen molar-refractivity contribution in [2.45, 2.75) is 0 Å². The van der Waals surface area contributed by atoms with Gasteiger partial charge in [-0.1, -0.05) is 11.6 Å². The molecule has 0 atom stereocenters. The monoisotopic (exact) mass is 161 g/mol. The van der Waals surface area contributed by atoms with Crippen LogP contribution in [-0.4, -0.2) is 12.1 Å². The largest absolute Gasteiger partial charge is 0.508 e.